The molecule has 0 unspecified atom stereocenters. The van der Waals surface area contributed by atoms with Crippen LogP contribution in [0.4, 0.5) is 23.7 Å². The van der Waals surface area contributed by atoms with Crippen molar-refractivity contribution in [3.05, 3.63) is 76.5 Å². The average Bonchev–Trinajstić information content (AvgIpc) is 2.83. The molecule has 2 aromatic rings. The Kier molecular flexibility index (Phi) is 7.79. The molecular weight excluding hydrogens is 523 g/mol. The predicted molar refractivity (Wildman–Crippen MR) is 141 cm³/mol. The van der Waals surface area contributed by atoms with Gasteiger partial charge in [-0.25, -0.2) is 4.79 Å². The van der Waals surface area contributed by atoms with Gasteiger partial charge in [-0.15, -0.1) is 0 Å². The largest absolute Gasteiger partial charge is 0.459 e. The molecule has 4 rings (SSSR count). The number of anilines is 1. The van der Waals surface area contributed by atoms with Crippen molar-refractivity contribution in [1.82, 2.24) is 4.90 Å². The molecule has 1 aliphatic heterocycles. The van der Waals surface area contributed by atoms with E-state index in [0.29, 0.717) is 24.0 Å². The number of urea groups is 1. The van der Waals surface area contributed by atoms with E-state index in [4.69, 9.17) is 4.74 Å². The van der Waals surface area contributed by atoms with Crippen LogP contribution in [0.25, 0.3) is 0 Å². The summed E-state index contributed by atoms with van der Waals surface area (Å²) in [6, 6.07) is 10.9. The van der Waals surface area contributed by atoms with E-state index in [1.54, 1.807) is 45.0 Å². The van der Waals surface area contributed by atoms with E-state index in [9.17, 15) is 32.8 Å². The van der Waals surface area contributed by atoms with Gasteiger partial charge in [0, 0.05) is 17.2 Å². The lowest BCUT2D eigenvalue weighted by Gasteiger charge is -2.44. The van der Waals surface area contributed by atoms with Crippen molar-refractivity contribution >= 4 is 23.5 Å². The van der Waals surface area contributed by atoms with Gasteiger partial charge >= 0.3 is 18.2 Å². The van der Waals surface area contributed by atoms with Gasteiger partial charge in [-0.05, 0) is 76.4 Å². The maximum atomic E-state index is 14.1. The fourth-order valence-corrected chi connectivity index (χ4v) is 4.94. The highest BCUT2D eigenvalue weighted by atomic mass is 19.4. The van der Waals surface area contributed by atoms with Crippen LogP contribution in [0.1, 0.15) is 69.7 Å². The van der Waals surface area contributed by atoms with Gasteiger partial charge in [0.2, 0.25) is 0 Å². The predicted octanol–water partition coefficient (Wildman–Crippen LogP) is 6.55. The molecule has 0 N–H and O–H groups in total. The van der Waals surface area contributed by atoms with E-state index in [1.165, 1.54) is 19.1 Å². The quantitative estimate of drug-likeness (QED) is 0.379. The summed E-state index contributed by atoms with van der Waals surface area (Å²) >= 11 is 0. The number of esters is 1. The second kappa shape index (κ2) is 10.8. The van der Waals surface area contributed by atoms with Gasteiger partial charge in [-0.3, -0.25) is 14.5 Å². The van der Waals surface area contributed by atoms with E-state index in [-0.39, 0.29) is 28.7 Å². The van der Waals surface area contributed by atoms with Crippen molar-refractivity contribution in [1.29, 1.82) is 5.26 Å². The molecule has 7 nitrogen and oxygen atoms in total. The molecule has 0 radical (unpaired) electrons. The Bertz CT molecular complexity index is 1400. The summed E-state index contributed by atoms with van der Waals surface area (Å²) in [4.78, 5) is 43.2. The number of carbonyl (C=O) groups excluding carboxylic acids is 3. The molecule has 0 aromatic heterocycles. The number of ether oxygens (including phenoxy) is 1. The summed E-state index contributed by atoms with van der Waals surface area (Å²) in [6.45, 7) is 6.00. The number of hydrogen-bond donors (Lipinski definition) is 0. The molecule has 10 heteroatoms. The normalized spacial score (nSPS) is 18.4. The molecule has 40 heavy (non-hydrogen) atoms. The van der Waals surface area contributed by atoms with E-state index < -0.39 is 41.9 Å². The third kappa shape index (κ3) is 5.88. The number of allylic oxidation sites excluding steroid dienone is 1. The molecule has 1 heterocycles. The number of alkyl halides is 3. The third-order valence-electron chi connectivity index (χ3n) is 7.00. The standard InChI is InChI=1S/C30H30F3N3O4/c1-18-25(27(38)21-7-5-8-21)26(20-13-11-19(16-34)12-14-20)35(17-24(37)40-29(2,3)4)28(39)36(18)23-10-6-9-22(15-23)30(31,32)33/h6,9-15,21,26H,5,7-8,17H2,1-4H3/t26-/m1/s1. The lowest BCUT2D eigenvalue weighted by atomic mass is 9.76. The number of rotatable bonds is 6. The summed E-state index contributed by atoms with van der Waals surface area (Å²) in [5, 5.41) is 9.27. The van der Waals surface area contributed by atoms with Crippen LogP contribution in [0.3, 0.4) is 0 Å². The molecule has 2 amide bonds. The fourth-order valence-electron chi connectivity index (χ4n) is 4.94. The molecule has 1 saturated carbocycles. The Hall–Kier alpha value is -4.13. The zero-order valence-electron chi connectivity index (χ0n) is 22.7. The number of benzene rings is 2. The van der Waals surface area contributed by atoms with Crippen LogP contribution >= 0.6 is 0 Å². The first kappa shape index (κ1) is 28.9. The van der Waals surface area contributed by atoms with Crippen molar-refractivity contribution in [3.63, 3.8) is 0 Å². The molecule has 0 saturated heterocycles. The first-order chi connectivity index (χ1) is 18.7. The number of ketones is 1. The Labute approximate surface area is 230 Å². The van der Waals surface area contributed by atoms with Crippen LogP contribution in [-0.2, 0) is 20.5 Å². The van der Waals surface area contributed by atoms with Crippen LogP contribution < -0.4 is 4.90 Å². The lowest BCUT2D eigenvalue weighted by Crippen LogP contribution is -2.53. The van der Waals surface area contributed by atoms with E-state index in [2.05, 4.69) is 0 Å². The number of nitrogens with zero attached hydrogens (tertiary/aromatic N) is 3. The van der Waals surface area contributed by atoms with Crippen LogP contribution in [0.2, 0.25) is 0 Å². The summed E-state index contributed by atoms with van der Waals surface area (Å²) in [7, 11) is 0. The summed E-state index contributed by atoms with van der Waals surface area (Å²) in [5.41, 5.74) is -0.638. The minimum absolute atomic E-state index is 0.0799. The van der Waals surface area contributed by atoms with Crippen molar-refractivity contribution in [3.8, 4) is 6.07 Å². The second-order valence-electron chi connectivity index (χ2n) is 11.0. The topological polar surface area (TPSA) is 90.7 Å². The molecule has 1 atom stereocenters. The van der Waals surface area contributed by atoms with Crippen molar-refractivity contribution in [2.75, 3.05) is 11.4 Å². The monoisotopic (exact) mass is 553 g/mol. The summed E-state index contributed by atoms with van der Waals surface area (Å²) in [6.07, 6.45) is -2.49. The Balaban J connectivity index is 1.92. The van der Waals surface area contributed by atoms with Gasteiger partial charge in [0.25, 0.3) is 0 Å². The zero-order chi connectivity index (χ0) is 29.4. The number of Topliss-reactive ketones (excluding diaryl/α,β-unsaturated/α-hetero) is 1. The molecule has 210 valence electrons. The summed E-state index contributed by atoms with van der Waals surface area (Å²) < 4.78 is 46.2. The van der Waals surface area contributed by atoms with Gasteiger partial charge in [-0.2, -0.15) is 18.4 Å². The molecule has 0 bridgehead atoms. The number of carbonyl (C=O) groups is 3. The van der Waals surface area contributed by atoms with Crippen LogP contribution in [0.15, 0.2) is 59.8 Å². The van der Waals surface area contributed by atoms with Crippen LogP contribution in [-0.4, -0.2) is 34.8 Å². The van der Waals surface area contributed by atoms with Crippen LogP contribution in [0.5, 0.6) is 0 Å². The second-order valence-corrected chi connectivity index (χ2v) is 11.0. The summed E-state index contributed by atoms with van der Waals surface area (Å²) in [5.74, 6) is -1.26. The van der Waals surface area contributed by atoms with Gasteiger partial charge < -0.3 is 9.64 Å². The Morgan fingerprint density at radius 2 is 1.73 bits per heavy atom. The highest BCUT2D eigenvalue weighted by molar-refractivity contribution is 6.07. The van der Waals surface area contributed by atoms with Gasteiger partial charge in [0.05, 0.1) is 28.9 Å². The van der Waals surface area contributed by atoms with E-state index in [1.807, 2.05) is 6.07 Å². The maximum Gasteiger partial charge on any atom is 0.416 e. The molecule has 1 aliphatic carbocycles. The maximum absolute atomic E-state index is 14.1. The van der Waals surface area contributed by atoms with Gasteiger partial charge in [0.15, 0.2) is 5.78 Å². The van der Waals surface area contributed by atoms with Crippen molar-refractivity contribution in [2.24, 2.45) is 5.92 Å². The van der Waals surface area contributed by atoms with Crippen molar-refractivity contribution < 1.29 is 32.3 Å². The van der Waals surface area contributed by atoms with Crippen LogP contribution in [0, 0.1) is 17.2 Å². The van der Waals surface area contributed by atoms with Crippen molar-refractivity contribution in [2.45, 2.75) is 64.8 Å². The van der Waals surface area contributed by atoms with Gasteiger partial charge in [-0.1, -0.05) is 24.6 Å². The first-order valence-electron chi connectivity index (χ1n) is 13.0. The zero-order valence-corrected chi connectivity index (χ0v) is 22.7. The number of nitriles is 1. The van der Waals surface area contributed by atoms with E-state index in [0.717, 1.165) is 28.4 Å². The minimum Gasteiger partial charge on any atom is -0.459 e. The highest BCUT2D eigenvalue weighted by Crippen LogP contribution is 2.44. The highest BCUT2D eigenvalue weighted by Gasteiger charge is 2.45. The van der Waals surface area contributed by atoms with E-state index >= 15 is 0 Å². The Morgan fingerprint density at radius 3 is 2.25 bits per heavy atom. The number of amides is 2. The molecule has 1 fully saturated rings. The Morgan fingerprint density at radius 1 is 1.07 bits per heavy atom. The first-order valence-corrected chi connectivity index (χ1v) is 13.0. The smallest absolute Gasteiger partial charge is 0.416 e. The SMILES string of the molecule is CC1=C(C(=O)C2CCC2)[C@@H](c2ccc(C#N)cc2)N(CC(=O)OC(C)(C)C)C(=O)N1c1cccc(C(F)(F)F)c1. The molecule has 0 spiro atoms. The lowest BCUT2D eigenvalue weighted by molar-refractivity contribution is -0.156. The third-order valence-corrected chi connectivity index (χ3v) is 7.00. The fraction of sp³-hybridized carbons (Fsp3) is 0.400. The van der Waals surface area contributed by atoms with Gasteiger partial charge in [0.1, 0.15) is 12.1 Å². The average molecular weight is 554 g/mol. The number of halogens is 3. The molecule has 2 aromatic carbocycles. The molecular formula is C30H30F3N3O4. The minimum atomic E-state index is -4.65. The number of hydrogen-bond acceptors (Lipinski definition) is 5. The molecule has 2 aliphatic rings.